The Morgan fingerprint density at radius 3 is 2.50 bits per heavy atom. The third-order valence-electron chi connectivity index (χ3n) is 5.42. The number of rotatable bonds is 2. The lowest BCUT2D eigenvalue weighted by molar-refractivity contribution is 0.0938. The molecule has 1 amide bonds. The van der Waals surface area contributed by atoms with E-state index in [4.69, 9.17) is 0 Å². The third kappa shape index (κ3) is 4.02. The summed E-state index contributed by atoms with van der Waals surface area (Å²) >= 11 is 1.61. The second-order valence-electron chi connectivity index (χ2n) is 8.26. The molecule has 1 fully saturated rings. The summed E-state index contributed by atoms with van der Waals surface area (Å²) in [6, 6.07) is 2.05. The van der Waals surface area contributed by atoms with Gasteiger partial charge in [0.15, 0.2) is 0 Å². The first kappa shape index (κ1) is 17.9. The van der Waals surface area contributed by atoms with E-state index in [0.29, 0.717) is 24.2 Å². The maximum absolute atomic E-state index is 12.5. The van der Waals surface area contributed by atoms with Gasteiger partial charge in [-0.05, 0) is 55.1 Å². The molecule has 1 aromatic rings. The molecule has 0 radical (unpaired) electrons. The van der Waals surface area contributed by atoms with Crippen LogP contribution in [0.1, 0.15) is 60.1 Å². The smallest absolute Gasteiger partial charge is 0.261 e. The molecule has 24 heavy (non-hydrogen) atoms. The lowest BCUT2D eigenvalue weighted by Gasteiger charge is -2.33. The molecule has 0 bridgehead atoms. The van der Waals surface area contributed by atoms with Gasteiger partial charge in [-0.3, -0.25) is 4.79 Å². The fraction of sp³-hybridized carbons (Fsp3) is 0.722. The van der Waals surface area contributed by atoms with Gasteiger partial charge in [-0.15, -0.1) is 11.3 Å². The highest BCUT2D eigenvalue weighted by atomic mass is 32.2. The summed E-state index contributed by atoms with van der Waals surface area (Å²) in [6.45, 7) is 6.87. The van der Waals surface area contributed by atoms with E-state index in [2.05, 4.69) is 32.2 Å². The van der Waals surface area contributed by atoms with Gasteiger partial charge < -0.3 is 5.32 Å². The standard InChI is InChI=1S/C18H27NO3S2/c1-18(2,3)13-4-5-15-12(10-13)11-16(23-15)17(20)19-14-6-8-24(21,22)9-7-14/h11,13-14H,4-10H2,1-3H3,(H,19,20). The largest absolute Gasteiger partial charge is 0.349 e. The van der Waals surface area contributed by atoms with E-state index in [9.17, 15) is 13.2 Å². The Morgan fingerprint density at radius 2 is 1.88 bits per heavy atom. The summed E-state index contributed by atoms with van der Waals surface area (Å²) in [6.07, 6.45) is 4.39. The first-order valence-electron chi connectivity index (χ1n) is 8.77. The minimum atomic E-state index is -2.89. The van der Waals surface area contributed by atoms with Crippen molar-refractivity contribution < 1.29 is 13.2 Å². The first-order chi connectivity index (χ1) is 11.1. The molecule has 1 aromatic heterocycles. The van der Waals surface area contributed by atoms with Crippen LogP contribution in [0.15, 0.2) is 6.07 Å². The Labute approximate surface area is 149 Å². The minimum Gasteiger partial charge on any atom is -0.349 e. The number of fused-ring (bicyclic) bond motifs is 1. The molecule has 2 aliphatic rings. The van der Waals surface area contributed by atoms with Crippen molar-refractivity contribution in [1.82, 2.24) is 5.32 Å². The number of nitrogens with one attached hydrogen (secondary N) is 1. The van der Waals surface area contributed by atoms with Crippen molar-refractivity contribution >= 4 is 27.1 Å². The zero-order chi connectivity index (χ0) is 17.5. The second kappa shape index (κ2) is 6.45. The molecule has 1 saturated heterocycles. The molecule has 134 valence electrons. The normalized spacial score (nSPS) is 24.4. The Kier molecular flexibility index (Phi) is 4.82. The van der Waals surface area contributed by atoms with Gasteiger partial charge in [0.25, 0.3) is 5.91 Å². The van der Waals surface area contributed by atoms with E-state index in [-0.39, 0.29) is 23.5 Å². The van der Waals surface area contributed by atoms with Crippen LogP contribution in [0.2, 0.25) is 0 Å². The predicted octanol–water partition coefficient (Wildman–Crippen LogP) is 3.21. The van der Waals surface area contributed by atoms with Crippen LogP contribution in [0.3, 0.4) is 0 Å². The SMILES string of the molecule is CC(C)(C)C1CCc2sc(C(=O)NC3CCS(=O)(=O)CC3)cc2C1. The van der Waals surface area contributed by atoms with Crippen LogP contribution >= 0.6 is 11.3 Å². The van der Waals surface area contributed by atoms with Crippen molar-refractivity contribution in [2.24, 2.45) is 11.3 Å². The fourth-order valence-corrected chi connectivity index (χ4v) is 6.27. The van der Waals surface area contributed by atoms with Crippen LogP contribution in [0, 0.1) is 11.3 Å². The molecule has 1 N–H and O–H groups in total. The zero-order valence-corrected chi connectivity index (χ0v) is 16.4. The fourth-order valence-electron chi connectivity index (χ4n) is 3.67. The molecular formula is C18H27NO3S2. The molecule has 0 aromatic carbocycles. The Balaban J connectivity index is 1.64. The van der Waals surface area contributed by atoms with Crippen molar-refractivity contribution in [2.75, 3.05) is 11.5 Å². The maximum Gasteiger partial charge on any atom is 0.261 e. The van der Waals surface area contributed by atoms with E-state index < -0.39 is 9.84 Å². The third-order valence-corrected chi connectivity index (χ3v) is 8.37. The van der Waals surface area contributed by atoms with Crippen LogP contribution in [0.25, 0.3) is 0 Å². The topological polar surface area (TPSA) is 63.2 Å². The number of hydrogen-bond acceptors (Lipinski definition) is 4. The number of carbonyl (C=O) groups is 1. The van der Waals surface area contributed by atoms with Crippen LogP contribution in [0.4, 0.5) is 0 Å². The average Bonchev–Trinajstić information content (AvgIpc) is 2.91. The first-order valence-corrected chi connectivity index (χ1v) is 11.4. The molecular weight excluding hydrogens is 342 g/mol. The van der Waals surface area contributed by atoms with Gasteiger partial charge in [0.1, 0.15) is 9.84 Å². The molecule has 0 spiro atoms. The van der Waals surface area contributed by atoms with E-state index in [1.54, 1.807) is 11.3 Å². The van der Waals surface area contributed by atoms with E-state index in [1.807, 2.05) is 0 Å². The van der Waals surface area contributed by atoms with Gasteiger partial charge >= 0.3 is 0 Å². The predicted molar refractivity (Wildman–Crippen MR) is 98.4 cm³/mol. The molecule has 1 unspecified atom stereocenters. The van der Waals surface area contributed by atoms with Crippen molar-refractivity contribution in [3.8, 4) is 0 Å². The second-order valence-corrected chi connectivity index (χ2v) is 11.7. The number of sulfone groups is 1. The van der Waals surface area contributed by atoms with Gasteiger partial charge in [0.2, 0.25) is 0 Å². The quantitative estimate of drug-likeness (QED) is 0.871. The summed E-state index contributed by atoms with van der Waals surface area (Å²) in [7, 11) is -2.89. The number of amides is 1. The van der Waals surface area contributed by atoms with Crippen molar-refractivity contribution in [3.63, 3.8) is 0 Å². The molecule has 2 heterocycles. The van der Waals surface area contributed by atoms with Crippen LogP contribution < -0.4 is 5.32 Å². The minimum absolute atomic E-state index is 0.0116. The Hall–Kier alpha value is -0.880. The molecule has 3 rings (SSSR count). The summed E-state index contributed by atoms with van der Waals surface area (Å²) in [5, 5.41) is 3.03. The molecule has 0 saturated carbocycles. The summed E-state index contributed by atoms with van der Waals surface area (Å²) in [5.41, 5.74) is 1.64. The summed E-state index contributed by atoms with van der Waals surface area (Å²) in [4.78, 5) is 14.7. The highest BCUT2D eigenvalue weighted by molar-refractivity contribution is 7.91. The van der Waals surface area contributed by atoms with Crippen LogP contribution in [-0.4, -0.2) is 31.9 Å². The van der Waals surface area contributed by atoms with Crippen molar-refractivity contribution in [3.05, 3.63) is 21.4 Å². The molecule has 6 heteroatoms. The van der Waals surface area contributed by atoms with E-state index in [1.165, 1.54) is 16.9 Å². The molecule has 1 aliphatic heterocycles. The zero-order valence-electron chi connectivity index (χ0n) is 14.7. The van der Waals surface area contributed by atoms with Gasteiger partial charge in [0.05, 0.1) is 16.4 Å². The van der Waals surface area contributed by atoms with Gasteiger partial charge in [0, 0.05) is 10.9 Å². The van der Waals surface area contributed by atoms with Gasteiger partial charge in [-0.2, -0.15) is 0 Å². The molecule has 1 atom stereocenters. The van der Waals surface area contributed by atoms with E-state index in [0.717, 1.165) is 17.7 Å². The van der Waals surface area contributed by atoms with Crippen LogP contribution in [0.5, 0.6) is 0 Å². The van der Waals surface area contributed by atoms with E-state index >= 15 is 0 Å². The number of aryl methyl sites for hydroxylation is 1. The highest BCUT2D eigenvalue weighted by Gasteiger charge is 2.31. The van der Waals surface area contributed by atoms with Crippen molar-refractivity contribution in [2.45, 2.75) is 58.9 Å². The molecule has 4 nitrogen and oxygen atoms in total. The van der Waals surface area contributed by atoms with Gasteiger partial charge in [-0.1, -0.05) is 20.8 Å². The number of carbonyl (C=O) groups excluding carboxylic acids is 1. The summed E-state index contributed by atoms with van der Waals surface area (Å²) in [5.74, 6) is 1.00. The Bertz CT molecular complexity index is 714. The summed E-state index contributed by atoms with van der Waals surface area (Å²) < 4.78 is 23.0. The lowest BCUT2D eigenvalue weighted by atomic mass is 9.72. The lowest BCUT2D eigenvalue weighted by Crippen LogP contribution is -2.40. The van der Waals surface area contributed by atoms with Gasteiger partial charge in [-0.25, -0.2) is 8.42 Å². The van der Waals surface area contributed by atoms with Crippen molar-refractivity contribution in [1.29, 1.82) is 0 Å². The number of thiophene rings is 1. The van der Waals surface area contributed by atoms with Crippen LogP contribution in [-0.2, 0) is 22.7 Å². The average molecular weight is 370 g/mol. The maximum atomic E-state index is 12.5. The highest BCUT2D eigenvalue weighted by Crippen LogP contribution is 2.40. The monoisotopic (exact) mass is 369 g/mol. The Morgan fingerprint density at radius 1 is 1.21 bits per heavy atom. The number of hydrogen-bond donors (Lipinski definition) is 1. The molecule has 1 aliphatic carbocycles.